The number of aryl methyl sites for hydroxylation is 1. The molecule has 0 heterocycles. The van der Waals surface area contributed by atoms with Gasteiger partial charge in [0.1, 0.15) is 5.41 Å². The Labute approximate surface area is 115 Å². The van der Waals surface area contributed by atoms with Crippen LogP contribution in [0.5, 0.6) is 0 Å². The van der Waals surface area contributed by atoms with Crippen molar-refractivity contribution < 1.29 is 4.79 Å². The molecule has 0 saturated carbocycles. The number of benzene rings is 1. The number of hydrogen-bond acceptors (Lipinski definition) is 2. The summed E-state index contributed by atoms with van der Waals surface area (Å²) in [6, 6.07) is 6.18. The number of nitrogens with zero attached hydrogens (tertiary/aromatic N) is 2. The van der Waals surface area contributed by atoms with Crippen LogP contribution in [0, 0.1) is 37.5 Å². The van der Waals surface area contributed by atoms with E-state index in [0.29, 0.717) is 6.54 Å². The van der Waals surface area contributed by atoms with Gasteiger partial charge in [0.05, 0.1) is 6.07 Å². The first-order valence-corrected chi connectivity index (χ1v) is 6.43. The van der Waals surface area contributed by atoms with Crippen molar-refractivity contribution >= 4 is 5.91 Å². The molecular formula is C16H22N2O. The molecule has 0 spiro atoms. The highest BCUT2D eigenvalue weighted by Gasteiger charge is 2.30. The number of carbonyl (C=O) groups excluding carboxylic acids is 1. The van der Waals surface area contributed by atoms with Crippen LogP contribution in [-0.2, 0) is 11.3 Å². The Bertz CT molecular complexity index is 538. The Morgan fingerprint density at radius 2 is 1.84 bits per heavy atom. The van der Waals surface area contributed by atoms with E-state index in [0.717, 1.165) is 5.56 Å². The highest BCUT2D eigenvalue weighted by Crippen LogP contribution is 2.21. The van der Waals surface area contributed by atoms with Crippen LogP contribution < -0.4 is 0 Å². The molecule has 0 bridgehead atoms. The standard InChI is InChI=1S/C16H22N2O/c1-11-7-8-14(13(3)12(11)2)9-18(6)15(19)16(4,5)10-17/h7-8H,9H2,1-6H3. The average Bonchev–Trinajstić information content (AvgIpc) is 2.38. The third kappa shape index (κ3) is 3.14. The second-order valence-corrected chi connectivity index (χ2v) is 5.69. The van der Waals surface area contributed by atoms with Gasteiger partial charge in [-0.05, 0) is 56.9 Å². The number of rotatable bonds is 3. The molecule has 1 aromatic rings. The molecule has 0 fully saturated rings. The lowest BCUT2D eigenvalue weighted by Gasteiger charge is -2.25. The summed E-state index contributed by atoms with van der Waals surface area (Å²) in [5.74, 6) is -0.146. The second-order valence-electron chi connectivity index (χ2n) is 5.69. The molecule has 0 saturated heterocycles. The normalized spacial score (nSPS) is 11.0. The molecule has 3 heteroatoms. The zero-order valence-corrected chi connectivity index (χ0v) is 12.7. The number of hydrogen-bond donors (Lipinski definition) is 0. The van der Waals surface area contributed by atoms with E-state index in [4.69, 9.17) is 5.26 Å². The fourth-order valence-electron chi connectivity index (χ4n) is 2.04. The van der Waals surface area contributed by atoms with Crippen LogP contribution in [-0.4, -0.2) is 17.9 Å². The number of amides is 1. The van der Waals surface area contributed by atoms with Gasteiger partial charge in [0.15, 0.2) is 0 Å². The summed E-state index contributed by atoms with van der Waals surface area (Å²) in [6.45, 7) is 10.1. The average molecular weight is 258 g/mol. The Morgan fingerprint density at radius 1 is 1.26 bits per heavy atom. The molecule has 1 aromatic carbocycles. The van der Waals surface area contributed by atoms with Gasteiger partial charge in [-0.25, -0.2) is 0 Å². The van der Waals surface area contributed by atoms with E-state index in [1.54, 1.807) is 25.8 Å². The summed E-state index contributed by atoms with van der Waals surface area (Å²) in [5.41, 5.74) is 3.90. The maximum atomic E-state index is 12.2. The Hall–Kier alpha value is -1.82. The van der Waals surface area contributed by atoms with Crippen LogP contribution in [0.1, 0.15) is 36.1 Å². The predicted octanol–water partition coefficient (Wildman–Crippen LogP) is 3.12. The van der Waals surface area contributed by atoms with Gasteiger partial charge in [-0.2, -0.15) is 5.26 Å². The molecular weight excluding hydrogens is 236 g/mol. The Balaban J connectivity index is 2.96. The van der Waals surface area contributed by atoms with Gasteiger partial charge < -0.3 is 4.90 Å². The lowest BCUT2D eigenvalue weighted by atomic mass is 9.93. The van der Waals surface area contributed by atoms with Crippen molar-refractivity contribution in [2.24, 2.45) is 5.41 Å². The molecule has 102 valence electrons. The van der Waals surface area contributed by atoms with Crippen LogP contribution in [0.25, 0.3) is 0 Å². The highest BCUT2D eigenvalue weighted by molar-refractivity contribution is 5.84. The number of nitriles is 1. The van der Waals surface area contributed by atoms with Gasteiger partial charge in [-0.15, -0.1) is 0 Å². The molecule has 1 rings (SSSR count). The topological polar surface area (TPSA) is 44.1 Å². The minimum Gasteiger partial charge on any atom is -0.340 e. The molecule has 0 unspecified atom stereocenters. The van der Waals surface area contributed by atoms with Crippen LogP contribution in [0.4, 0.5) is 0 Å². The number of carbonyl (C=O) groups is 1. The molecule has 0 aliphatic heterocycles. The van der Waals surface area contributed by atoms with Crippen molar-refractivity contribution in [1.29, 1.82) is 5.26 Å². The minimum absolute atomic E-state index is 0.146. The van der Waals surface area contributed by atoms with Crippen LogP contribution in [0.15, 0.2) is 12.1 Å². The van der Waals surface area contributed by atoms with E-state index in [9.17, 15) is 4.79 Å². The van der Waals surface area contributed by atoms with E-state index >= 15 is 0 Å². The molecule has 0 atom stereocenters. The maximum Gasteiger partial charge on any atom is 0.242 e. The zero-order chi connectivity index (χ0) is 14.8. The highest BCUT2D eigenvalue weighted by atomic mass is 16.2. The molecule has 3 nitrogen and oxygen atoms in total. The van der Waals surface area contributed by atoms with E-state index in [1.165, 1.54) is 16.7 Å². The van der Waals surface area contributed by atoms with Crippen molar-refractivity contribution in [3.63, 3.8) is 0 Å². The van der Waals surface area contributed by atoms with E-state index in [1.807, 2.05) is 0 Å². The van der Waals surface area contributed by atoms with Crippen molar-refractivity contribution in [3.05, 3.63) is 34.4 Å². The minimum atomic E-state index is -0.970. The van der Waals surface area contributed by atoms with Crippen LogP contribution in [0.2, 0.25) is 0 Å². The van der Waals surface area contributed by atoms with Crippen molar-refractivity contribution in [1.82, 2.24) is 4.90 Å². The fourth-order valence-corrected chi connectivity index (χ4v) is 2.04. The first-order chi connectivity index (χ1) is 8.70. The molecule has 0 aliphatic carbocycles. The van der Waals surface area contributed by atoms with Gasteiger partial charge in [-0.3, -0.25) is 4.79 Å². The summed E-state index contributed by atoms with van der Waals surface area (Å²) in [7, 11) is 1.75. The predicted molar refractivity (Wildman–Crippen MR) is 76.5 cm³/mol. The summed E-state index contributed by atoms with van der Waals surface area (Å²) < 4.78 is 0. The Morgan fingerprint density at radius 3 is 2.37 bits per heavy atom. The molecule has 1 amide bonds. The van der Waals surface area contributed by atoms with Gasteiger partial charge in [-0.1, -0.05) is 12.1 Å². The zero-order valence-electron chi connectivity index (χ0n) is 12.7. The van der Waals surface area contributed by atoms with E-state index in [2.05, 4.69) is 39.0 Å². The van der Waals surface area contributed by atoms with Gasteiger partial charge in [0.2, 0.25) is 5.91 Å². The van der Waals surface area contributed by atoms with Crippen molar-refractivity contribution in [2.45, 2.75) is 41.2 Å². The second kappa shape index (κ2) is 5.44. The Kier molecular flexibility index (Phi) is 4.36. The third-order valence-electron chi connectivity index (χ3n) is 3.74. The molecule has 0 aromatic heterocycles. The largest absolute Gasteiger partial charge is 0.340 e. The van der Waals surface area contributed by atoms with Gasteiger partial charge in [0.25, 0.3) is 0 Å². The maximum absolute atomic E-state index is 12.2. The lowest BCUT2D eigenvalue weighted by Crippen LogP contribution is -2.37. The summed E-state index contributed by atoms with van der Waals surface area (Å²) in [5, 5.41) is 9.02. The summed E-state index contributed by atoms with van der Waals surface area (Å²) >= 11 is 0. The van der Waals surface area contributed by atoms with Gasteiger partial charge in [0, 0.05) is 13.6 Å². The molecule has 0 N–H and O–H groups in total. The van der Waals surface area contributed by atoms with E-state index < -0.39 is 5.41 Å². The summed E-state index contributed by atoms with van der Waals surface area (Å²) in [6.07, 6.45) is 0. The van der Waals surface area contributed by atoms with Crippen molar-refractivity contribution in [3.8, 4) is 6.07 Å². The monoisotopic (exact) mass is 258 g/mol. The molecule has 0 radical (unpaired) electrons. The van der Waals surface area contributed by atoms with E-state index in [-0.39, 0.29) is 5.91 Å². The SMILES string of the molecule is Cc1ccc(CN(C)C(=O)C(C)(C)C#N)c(C)c1C. The quantitative estimate of drug-likeness (QED) is 0.836. The van der Waals surface area contributed by atoms with Crippen LogP contribution in [0.3, 0.4) is 0 Å². The first kappa shape index (κ1) is 15.2. The van der Waals surface area contributed by atoms with Crippen LogP contribution >= 0.6 is 0 Å². The van der Waals surface area contributed by atoms with Crippen molar-refractivity contribution in [2.75, 3.05) is 7.05 Å². The molecule has 19 heavy (non-hydrogen) atoms. The first-order valence-electron chi connectivity index (χ1n) is 6.43. The third-order valence-corrected chi connectivity index (χ3v) is 3.74. The summed E-state index contributed by atoms with van der Waals surface area (Å²) in [4.78, 5) is 13.8. The van der Waals surface area contributed by atoms with Gasteiger partial charge >= 0.3 is 0 Å². The fraction of sp³-hybridized carbons (Fsp3) is 0.500. The lowest BCUT2D eigenvalue weighted by molar-refractivity contribution is -0.136. The smallest absolute Gasteiger partial charge is 0.242 e. The molecule has 0 aliphatic rings.